The van der Waals surface area contributed by atoms with Crippen molar-refractivity contribution in [3.05, 3.63) is 23.8 Å². The van der Waals surface area contributed by atoms with Gasteiger partial charge < -0.3 is 20.9 Å². The molecular weight excluding hydrogens is 236 g/mol. The zero-order valence-corrected chi connectivity index (χ0v) is 10.5. The molecule has 0 bridgehead atoms. The molecule has 0 spiro atoms. The highest BCUT2D eigenvalue weighted by Gasteiger charge is 2.28. The maximum absolute atomic E-state index is 11.9. The van der Waals surface area contributed by atoms with Crippen LogP contribution in [0.25, 0.3) is 0 Å². The lowest BCUT2D eigenvalue weighted by molar-refractivity contribution is -0.122. The Bertz CT molecular complexity index is 483. The molecule has 0 aromatic heterocycles. The number of rotatable bonds is 4. The fourth-order valence-corrected chi connectivity index (χ4v) is 1.24. The number of aromatic hydroxyl groups is 1. The topological polar surface area (TPSA) is 102 Å². The Morgan fingerprint density at radius 1 is 1.39 bits per heavy atom. The van der Waals surface area contributed by atoms with E-state index in [4.69, 9.17) is 10.5 Å². The Morgan fingerprint density at radius 3 is 2.44 bits per heavy atom. The average molecular weight is 252 g/mol. The van der Waals surface area contributed by atoms with Gasteiger partial charge in [0, 0.05) is 6.07 Å². The van der Waals surface area contributed by atoms with E-state index in [9.17, 15) is 14.7 Å². The third-order valence-electron chi connectivity index (χ3n) is 2.49. The number of carbonyl (C=O) groups is 2. The molecule has 1 aromatic rings. The minimum Gasteiger partial charge on any atom is -0.507 e. The lowest BCUT2D eigenvalue weighted by atomic mass is 10.0. The summed E-state index contributed by atoms with van der Waals surface area (Å²) in [5.41, 5.74) is 4.00. The minimum absolute atomic E-state index is 0.0464. The predicted octanol–water partition coefficient (Wildman–Crippen LogP) is 0.394. The van der Waals surface area contributed by atoms with Gasteiger partial charge in [-0.15, -0.1) is 0 Å². The number of carbonyl (C=O) groups excluding carboxylic acids is 2. The number of methoxy groups -OCH3 is 1. The van der Waals surface area contributed by atoms with Crippen LogP contribution in [-0.4, -0.2) is 29.6 Å². The number of primary amides is 1. The van der Waals surface area contributed by atoms with Gasteiger partial charge in [0.2, 0.25) is 5.91 Å². The molecule has 6 heteroatoms. The number of ether oxygens (including phenoxy) is 1. The molecule has 0 saturated carbocycles. The summed E-state index contributed by atoms with van der Waals surface area (Å²) >= 11 is 0. The Labute approximate surface area is 105 Å². The summed E-state index contributed by atoms with van der Waals surface area (Å²) < 4.78 is 4.90. The first-order valence-corrected chi connectivity index (χ1v) is 5.27. The molecule has 0 aliphatic carbocycles. The quantitative estimate of drug-likeness (QED) is 0.721. The Hall–Kier alpha value is -2.24. The Morgan fingerprint density at radius 2 is 2.00 bits per heavy atom. The van der Waals surface area contributed by atoms with E-state index in [0.717, 1.165) is 0 Å². The Kier molecular flexibility index (Phi) is 3.80. The number of phenols is 1. The van der Waals surface area contributed by atoms with Crippen molar-refractivity contribution in [2.75, 3.05) is 7.11 Å². The van der Waals surface area contributed by atoms with E-state index >= 15 is 0 Å². The predicted molar refractivity (Wildman–Crippen MR) is 65.4 cm³/mol. The van der Waals surface area contributed by atoms with Gasteiger partial charge in [0.05, 0.1) is 12.7 Å². The fraction of sp³-hybridized carbons (Fsp3) is 0.333. The van der Waals surface area contributed by atoms with Crippen molar-refractivity contribution in [2.45, 2.75) is 19.4 Å². The molecule has 98 valence electrons. The first-order chi connectivity index (χ1) is 8.27. The van der Waals surface area contributed by atoms with Crippen LogP contribution in [0.3, 0.4) is 0 Å². The summed E-state index contributed by atoms with van der Waals surface area (Å²) in [6.07, 6.45) is 0. The van der Waals surface area contributed by atoms with Crippen LogP contribution in [-0.2, 0) is 4.79 Å². The highest BCUT2D eigenvalue weighted by molar-refractivity contribution is 6.00. The molecule has 18 heavy (non-hydrogen) atoms. The van der Waals surface area contributed by atoms with Crippen molar-refractivity contribution >= 4 is 11.8 Å². The maximum Gasteiger partial charge on any atom is 0.255 e. The lowest BCUT2D eigenvalue weighted by Gasteiger charge is -2.22. The van der Waals surface area contributed by atoms with Gasteiger partial charge >= 0.3 is 0 Å². The van der Waals surface area contributed by atoms with Gasteiger partial charge in [-0.05, 0) is 26.0 Å². The molecule has 0 unspecified atom stereocenters. The molecule has 0 atom stereocenters. The molecule has 1 aromatic carbocycles. The zero-order chi connectivity index (χ0) is 13.9. The second-order valence-corrected chi connectivity index (χ2v) is 4.33. The number of nitrogens with two attached hydrogens (primary N) is 1. The van der Waals surface area contributed by atoms with Crippen LogP contribution in [0.4, 0.5) is 0 Å². The third-order valence-corrected chi connectivity index (χ3v) is 2.49. The van der Waals surface area contributed by atoms with E-state index in [1.165, 1.54) is 39.2 Å². The molecular formula is C12H16N2O4. The van der Waals surface area contributed by atoms with Gasteiger partial charge in [-0.1, -0.05) is 0 Å². The summed E-state index contributed by atoms with van der Waals surface area (Å²) in [4.78, 5) is 23.0. The van der Waals surface area contributed by atoms with Gasteiger partial charge in [0.15, 0.2) is 0 Å². The summed E-state index contributed by atoms with van der Waals surface area (Å²) in [6.45, 7) is 2.96. The number of benzene rings is 1. The van der Waals surface area contributed by atoms with E-state index in [0.29, 0.717) is 5.75 Å². The molecule has 0 aliphatic heterocycles. The van der Waals surface area contributed by atoms with E-state index in [1.807, 2.05) is 0 Å². The van der Waals surface area contributed by atoms with Crippen LogP contribution < -0.4 is 15.8 Å². The second kappa shape index (κ2) is 4.95. The molecule has 4 N–H and O–H groups in total. The van der Waals surface area contributed by atoms with Crippen LogP contribution in [0.1, 0.15) is 24.2 Å². The summed E-state index contributed by atoms with van der Waals surface area (Å²) in [7, 11) is 1.45. The zero-order valence-electron chi connectivity index (χ0n) is 10.5. The van der Waals surface area contributed by atoms with Crippen LogP contribution in [0.2, 0.25) is 0 Å². The fourth-order valence-electron chi connectivity index (χ4n) is 1.24. The molecule has 0 heterocycles. The molecule has 6 nitrogen and oxygen atoms in total. The maximum atomic E-state index is 11.9. The van der Waals surface area contributed by atoms with Gasteiger partial charge in [-0.3, -0.25) is 9.59 Å². The van der Waals surface area contributed by atoms with Crippen LogP contribution >= 0.6 is 0 Å². The first-order valence-electron chi connectivity index (χ1n) is 5.27. The number of hydrogen-bond acceptors (Lipinski definition) is 4. The normalized spacial score (nSPS) is 10.8. The molecule has 0 saturated heterocycles. The van der Waals surface area contributed by atoms with E-state index < -0.39 is 17.4 Å². The standard InChI is InChI=1S/C12H16N2O4/c1-12(2,11(13)17)14-10(16)8-5-4-7(18-3)6-9(8)15/h4-6,15H,1-3H3,(H2,13,17)(H,14,16). The summed E-state index contributed by atoms with van der Waals surface area (Å²) in [6, 6.07) is 4.25. The molecule has 2 amide bonds. The number of amides is 2. The van der Waals surface area contributed by atoms with E-state index in [-0.39, 0.29) is 11.3 Å². The summed E-state index contributed by atoms with van der Waals surface area (Å²) in [5, 5.41) is 12.1. The SMILES string of the molecule is COc1ccc(C(=O)NC(C)(C)C(N)=O)c(O)c1. The minimum atomic E-state index is -1.19. The summed E-state index contributed by atoms with van der Waals surface area (Å²) in [5.74, 6) is -1.05. The van der Waals surface area contributed by atoms with Gasteiger partial charge in [0.25, 0.3) is 5.91 Å². The molecule has 1 rings (SSSR count). The van der Waals surface area contributed by atoms with Crippen molar-refractivity contribution in [2.24, 2.45) is 5.73 Å². The largest absolute Gasteiger partial charge is 0.507 e. The van der Waals surface area contributed by atoms with Crippen LogP contribution in [0.5, 0.6) is 11.5 Å². The van der Waals surface area contributed by atoms with Crippen molar-refractivity contribution < 1.29 is 19.4 Å². The highest BCUT2D eigenvalue weighted by Crippen LogP contribution is 2.23. The number of phenolic OH excluding ortho intramolecular Hbond substituents is 1. The van der Waals surface area contributed by atoms with Gasteiger partial charge in [-0.25, -0.2) is 0 Å². The molecule has 0 fully saturated rings. The highest BCUT2D eigenvalue weighted by atomic mass is 16.5. The molecule has 0 aliphatic rings. The van der Waals surface area contributed by atoms with Crippen molar-refractivity contribution in [3.8, 4) is 11.5 Å². The van der Waals surface area contributed by atoms with Crippen molar-refractivity contribution in [1.82, 2.24) is 5.32 Å². The van der Waals surface area contributed by atoms with E-state index in [1.54, 1.807) is 0 Å². The smallest absolute Gasteiger partial charge is 0.255 e. The lowest BCUT2D eigenvalue weighted by Crippen LogP contribution is -2.53. The van der Waals surface area contributed by atoms with Crippen molar-refractivity contribution in [3.63, 3.8) is 0 Å². The van der Waals surface area contributed by atoms with Crippen LogP contribution in [0, 0.1) is 0 Å². The third kappa shape index (κ3) is 2.91. The molecule has 0 radical (unpaired) electrons. The first kappa shape index (κ1) is 13.8. The Balaban J connectivity index is 2.95. The van der Waals surface area contributed by atoms with E-state index in [2.05, 4.69) is 5.32 Å². The van der Waals surface area contributed by atoms with Crippen molar-refractivity contribution in [1.29, 1.82) is 0 Å². The van der Waals surface area contributed by atoms with Gasteiger partial charge in [-0.2, -0.15) is 0 Å². The average Bonchev–Trinajstić information content (AvgIpc) is 2.27. The number of hydrogen-bond donors (Lipinski definition) is 3. The van der Waals surface area contributed by atoms with Gasteiger partial charge in [0.1, 0.15) is 17.0 Å². The number of nitrogens with one attached hydrogen (secondary N) is 1. The monoisotopic (exact) mass is 252 g/mol. The van der Waals surface area contributed by atoms with Crippen LogP contribution in [0.15, 0.2) is 18.2 Å². The second-order valence-electron chi connectivity index (χ2n) is 4.33.